The maximum atomic E-state index is 12.1. The Balaban J connectivity index is 2.04. The second-order valence-corrected chi connectivity index (χ2v) is 5.60. The van der Waals surface area contributed by atoms with Crippen molar-refractivity contribution in [2.45, 2.75) is 26.4 Å². The molecule has 1 aromatic heterocycles. The third kappa shape index (κ3) is 4.42. The van der Waals surface area contributed by atoms with E-state index in [1.54, 1.807) is 12.1 Å². The van der Waals surface area contributed by atoms with Crippen LogP contribution in [0.5, 0.6) is 0 Å². The Kier molecular flexibility index (Phi) is 5.70. The molecule has 1 atom stereocenters. The van der Waals surface area contributed by atoms with Crippen LogP contribution in [-0.4, -0.2) is 46.5 Å². The number of nitrogens with one attached hydrogen (secondary N) is 1. The molecule has 0 aliphatic rings. The number of rotatable bonds is 7. The van der Waals surface area contributed by atoms with Crippen LogP contribution < -0.4 is 5.32 Å². The molecule has 7 nitrogen and oxygen atoms in total. The highest BCUT2D eigenvalue weighted by Gasteiger charge is 2.20. The molecule has 2 N–H and O–H groups in total. The molecule has 1 unspecified atom stereocenters. The first-order chi connectivity index (χ1) is 11.4. The third-order valence-electron chi connectivity index (χ3n) is 3.59. The van der Waals surface area contributed by atoms with E-state index >= 15 is 0 Å². The average molecular weight is 331 g/mol. The summed E-state index contributed by atoms with van der Waals surface area (Å²) in [7, 11) is 1.38. The smallest absolute Gasteiger partial charge is 0.328 e. The highest BCUT2D eigenvalue weighted by molar-refractivity contribution is 5.96. The first-order valence-electron chi connectivity index (χ1n) is 7.53. The van der Waals surface area contributed by atoms with E-state index in [4.69, 9.17) is 9.84 Å². The zero-order valence-electron chi connectivity index (χ0n) is 13.9. The van der Waals surface area contributed by atoms with E-state index in [1.165, 1.54) is 7.11 Å². The molecular weight excluding hydrogens is 310 g/mol. The topological polar surface area (TPSA) is 93.5 Å². The molecule has 1 amide bonds. The number of aryl methyl sites for hydroxylation is 2. The quantitative estimate of drug-likeness (QED) is 0.799. The van der Waals surface area contributed by atoms with E-state index in [1.807, 2.05) is 36.7 Å². The predicted octanol–water partition coefficient (Wildman–Crippen LogP) is 1.38. The molecule has 0 aliphatic carbocycles. The number of ether oxygens (including phenoxy) is 1. The van der Waals surface area contributed by atoms with Gasteiger partial charge in [0, 0.05) is 18.4 Å². The first kappa shape index (κ1) is 17.7. The fourth-order valence-corrected chi connectivity index (χ4v) is 2.35. The fourth-order valence-electron chi connectivity index (χ4n) is 2.35. The summed E-state index contributed by atoms with van der Waals surface area (Å²) in [5.74, 6) is -1.58. The zero-order valence-corrected chi connectivity index (χ0v) is 13.9. The van der Waals surface area contributed by atoms with Gasteiger partial charge >= 0.3 is 5.97 Å². The molecule has 7 heteroatoms. The number of carboxylic acids is 1. The summed E-state index contributed by atoms with van der Waals surface area (Å²) in [5, 5.41) is 15.9. The lowest BCUT2D eigenvalue weighted by Crippen LogP contribution is -2.43. The largest absolute Gasteiger partial charge is 0.480 e. The van der Waals surface area contributed by atoms with Crippen molar-refractivity contribution in [3.8, 4) is 0 Å². The molecule has 1 heterocycles. The molecule has 0 spiro atoms. The van der Waals surface area contributed by atoms with Crippen molar-refractivity contribution < 1.29 is 19.4 Å². The number of methoxy groups -OCH3 is 1. The van der Waals surface area contributed by atoms with Crippen LogP contribution in [0.1, 0.15) is 27.3 Å². The maximum Gasteiger partial charge on any atom is 0.328 e. The van der Waals surface area contributed by atoms with Crippen LogP contribution in [0.4, 0.5) is 0 Å². The van der Waals surface area contributed by atoms with Crippen molar-refractivity contribution in [3.63, 3.8) is 0 Å². The van der Waals surface area contributed by atoms with Crippen molar-refractivity contribution >= 4 is 11.9 Å². The number of benzene rings is 1. The van der Waals surface area contributed by atoms with Crippen LogP contribution in [0.25, 0.3) is 0 Å². The molecule has 2 rings (SSSR count). The Morgan fingerprint density at radius 1 is 1.29 bits per heavy atom. The third-order valence-corrected chi connectivity index (χ3v) is 3.59. The van der Waals surface area contributed by atoms with Crippen LogP contribution in [0, 0.1) is 13.8 Å². The number of carbonyl (C=O) groups is 2. The Hall–Kier alpha value is -2.67. The van der Waals surface area contributed by atoms with E-state index in [0.717, 1.165) is 17.0 Å². The van der Waals surface area contributed by atoms with Gasteiger partial charge in [0.2, 0.25) is 0 Å². The van der Waals surface area contributed by atoms with Gasteiger partial charge in [0.1, 0.15) is 0 Å². The second kappa shape index (κ2) is 7.74. The lowest BCUT2D eigenvalue weighted by atomic mass is 10.1. The van der Waals surface area contributed by atoms with E-state index in [0.29, 0.717) is 12.1 Å². The molecule has 2 aromatic rings. The number of amides is 1. The van der Waals surface area contributed by atoms with Gasteiger partial charge in [-0.15, -0.1) is 0 Å². The maximum absolute atomic E-state index is 12.1. The first-order valence-corrected chi connectivity index (χ1v) is 7.53. The van der Waals surface area contributed by atoms with Crippen LogP contribution in [0.2, 0.25) is 0 Å². The fraction of sp³-hybridized carbons (Fsp3) is 0.353. The van der Waals surface area contributed by atoms with Gasteiger partial charge in [0.15, 0.2) is 6.04 Å². The number of aliphatic carboxylic acids is 1. The SMILES string of the molecule is COCC(NC(=O)c1ccc(Cn2nc(C)cc2C)cc1)C(=O)O. The monoisotopic (exact) mass is 331 g/mol. The molecule has 24 heavy (non-hydrogen) atoms. The van der Waals surface area contributed by atoms with E-state index in [2.05, 4.69) is 10.4 Å². The molecule has 0 radical (unpaired) electrons. The van der Waals surface area contributed by atoms with Gasteiger partial charge in [-0.1, -0.05) is 12.1 Å². The average Bonchev–Trinajstić information content (AvgIpc) is 2.85. The number of carbonyl (C=O) groups excluding carboxylic acids is 1. The number of hydrogen-bond donors (Lipinski definition) is 2. The van der Waals surface area contributed by atoms with Gasteiger partial charge in [0.25, 0.3) is 5.91 Å². The van der Waals surface area contributed by atoms with Crippen LogP contribution in [0.3, 0.4) is 0 Å². The van der Waals surface area contributed by atoms with E-state index in [-0.39, 0.29) is 6.61 Å². The van der Waals surface area contributed by atoms with E-state index in [9.17, 15) is 9.59 Å². The number of aromatic nitrogens is 2. The highest BCUT2D eigenvalue weighted by Crippen LogP contribution is 2.09. The van der Waals surface area contributed by atoms with Crippen molar-refractivity contribution in [2.24, 2.45) is 0 Å². The molecular formula is C17H21N3O4. The summed E-state index contributed by atoms with van der Waals surface area (Å²) in [6, 6.07) is 7.93. The van der Waals surface area contributed by atoms with Gasteiger partial charge in [-0.3, -0.25) is 9.48 Å². The van der Waals surface area contributed by atoms with Gasteiger partial charge < -0.3 is 15.2 Å². The Morgan fingerprint density at radius 3 is 2.46 bits per heavy atom. The van der Waals surface area contributed by atoms with Crippen molar-refractivity contribution in [2.75, 3.05) is 13.7 Å². The van der Waals surface area contributed by atoms with E-state index < -0.39 is 17.9 Å². The Labute approximate surface area is 140 Å². The summed E-state index contributed by atoms with van der Waals surface area (Å²) < 4.78 is 6.69. The summed E-state index contributed by atoms with van der Waals surface area (Å²) in [6.07, 6.45) is 0. The predicted molar refractivity (Wildman–Crippen MR) is 88.0 cm³/mol. The standard InChI is InChI=1S/C17H21N3O4/c1-11-8-12(2)20(19-11)9-13-4-6-14(7-5-13)16(21)18-15(10-24-3)17(22)23/h4-8,15H,9-10H2,1-3H3,(H,18,21)(H,22,23). The van der Waals surface area contributed by atoms with Crippen molar-refractivity contribution in [1.29, 1.82) is 0 Å². The molecule has 0 aliphatic heterocycles. The van der Waals surface area contributed by atoms with Gasteiger partial charge in [-0.05, 0) is 37.6 Å². The summed E-state index contributed by atoms with van der Waals surface area (Å²) in [6.45, 7) is 4.46. The molecule has 128 valence electrons. The molecule has 0 bridgehead atoms. The van der Waals surface area contributed by atoms with Gasteiger partial charge in [-0.25, -0.2) is 4.79 Å². The molecule has 1 aromatic carbocycles. The van der Waals surface area contributed by atoms with Gasteiger partial charge in [0.05, 0.1) is 18.8 Å². The number of hydrogen-bond acceptors (Lipinski definition) is 4. The minimum absolute atomic E-state index is 0.0862. The highest BCUT2D eigenvalue weighted by atomic mass is 16.5. The lowest BCUT2D eigenvalue weighted by molar-refractivity contribution is -0.140. The minimum Gasteiger partial charge on any atom is -0.480 e. The zero-order chi connectivity index (χ0) is 17.7. The molecule has 0 saturated heterocycles. The number of nitrogens with zero attached hydrogens (tertiary/aromatic N) is 2. The Morgan fingerprint density at radius 2 is 1.96 bits per heavy atom. The van der Waals surface area contributed by atoms with Gasteiger partial charge in [-0.2, -0.15) is 5.10 Å². The van der Waals surface area contributed by atoms with Crippen molar-refractivity contribution in [3.05, 3.63) is 52.8 Å². The van der Waals surface area contributed by atoms with Crippen LogP contribution in [0.15, 0.2) is 30.3 Å². The van der Waals surface area contributed by atoms with Crippen LogP contribution >= 0.6 is 0 Å². The summed E-state index contributed by atoms with van der Waals surface area (Å²) >= 11 is 0. The summed E-state index contributed by atoms with van der Waals surface area (Å²) in [4.78, 5) is 23.2. The lowest BCUT2D eigenvalue weighted by Gasteiger charge is -2.13. The molecule has 0 fully saturated rings. The normalized spacial score (nSPS) is 12.0. The molecule has 0 saturated carbocycles. The Bertz CT molecular complexity index is 722. The van der Waals surface area contributed by atoms with Crippen molar-refractivity contribution in [1.82, 2.24) is 15.1 Å². The number of carboxylic acid groups (broad SMARTS) is 1. The summed E-state index contributed by atoms with van der Waals surface area (Å²) in [5.41, 5.74) is 3.43. The second-order valence-electron chi connectivity index (χ2n) is 5.60. The minimum atomic E-state index is -1.13. The van der Waals surface area contributed by atoms with Crippen LogP contribution in [-0.2, 0) is 16.1 Å².